The van der Waals surface area contributed by atoms with E-state index in [4.69, 9.17) is 21.1 Å². The summed E-state index contributed by atoms with van der Waals surface area (Å²) in [6.45, 7) is 0.860. The van der Waals surface area contributed by atoms with Crippen LogP contribution < -0.4 is 4.74 Å². The van der Waals surface area contributed by atoms with Crippen molar-refractivity contribution in [2.24, 2.45) is 5.92 Å². The molecular weight excluding hydrogens is 402 g/mol. The van der Waals surface area contributed by atoms with Crippen LogP contribution in [0, 0.1) is 5.92 Å². The Bertz CT molecular complexity index is 887. The summed E-state index contributed by atoms with van der Waals surface area (Å²) in [5.74, 6) is -0.170. The Morgan fingerprint density at radius 2 is 1.79 bits per heavy atom. The van der Waals surface area contributed by atoms with E-state index in [-0.39, 0.29) is 24.7 Å². The van der Waals surface area contributed by atoms with Crippen molar-refractivity contribution in [1.82, 2.24) is 4.31 Å². The summed E-state index contributed by atoms with van der Waals surface area (Å²) >= 11 is 5.83. The normalized spacial score (nSPS) is 17.8. The van der Waals surface area contributed by atoms with Gasteiger partial charge >= 0.3 is 5.97 Å². The van der Waals surface area contributed by atoms with Gasteiger partial charge in [0.15, 0.2) is 0 Å². The maximum Gasteiger partial charge on any atom is 0.310 e. The monoisotopic (exact) mass is 423 g/mol. The zero-order valence-electron chi connectivity index (χ0n) is 15.3. The fourth-order valence-electron chi connectivity index (χ4n) is 3.05. The van der Waals surface area contributed by atoms with Gasteiger partial charge in [-0.15, -0.1) is 0 Å². The van der Waals surface area contributed by atoms with Gasteiger partial charge in [0, 0.05) is 18.1 Å². The van der Waals surface area contributed by atoms with Crippen LogP contribution in [0.1, 0.15) is 12.8 Å². The summed E-state index contributed by atoms with van der Waals surface area (Å²) in [4.78, 5) is 12.5. The Kier molecular flexibility index (Phi) is 6.93. The summed E-state index contributed by atoms with van der Waals surface area (Å²) in [5, 5.41) is 0.469. The number of carbonyl (C=O) groups is 1. The van der Waals surface area contributed by atoms with Crippen molar-refractivity contribution in [3.8, 4) is 5.75 Å². The average Bonchev–Trinajstić information content (AvgIpc) is 2.72. The molecule has 0 saturated carbocycles. The van der Waals surface area contributed by atoms with E-state index >= 15 is 0 Å². The van der Waals surface area contributed by atoms with Gasteiger partial charge in [0.2, 0.25) is 10.0 Å². The predicted octanol–water partition coefficient (Wildman–Crippen LogP) is 3.36. The zero-order chi connectivity index (χ0) is 20.0. The first-order valence-electron chi connectivity index (χ1n) is 9.07. The third-order valence-electron chi connectivity index (χ3n) is 4.51. The lowest BCUT2D eigenvalue weighted by Gasteiger charge is -2.30. The van der Waals surface area contributed by atoms with Crippen LogP contribution in [0.4, 0.5) is 0 Å². The Morgan fingerprint density at radius 1 is 1.07 bits per heavy atom. The van der Waals surface area contributed by atoms with E-state index in [0.717, 1.165) is 0 Å². The minimum atomic E-state index is -3.66. The maximum absolute atomic E-state index is 12.8. The maximum atomic E-state index is 12.8. The van der Waals surface area contributed by atoms with E-state index in [9.17, 15) is 13.2 Å². The summed E-state index contributed by atoms with van der Waals surface area (Å²) in [6.07, 6.45) is 1.21. The predicted molar refractivity (Wildman–Crippen MR) is 106 cm³/mol. The lowest BCUT2D eigenvalue weighted by atomic mass is 10.0. The number of benzene rings is 2. The molecule has 1 aliphatic heterocycles. The Labute approximate surface area is 170 Å². The van der Waals surface area contributed by atoms with E-state index in [1.807, 2.05) is 30.3 Å². The first kappa shape index (κ1) is 20.6. The van der Waals surface area contributed by atoms with Crippen LogP contribution in [0.25, 0.3) is 0 Å². The summed E-state index contributed by atoms with van der Waals surface area (Å²) in [7, 11) is -3.66. The molecule has 0 bridgehead atoms. The molecule has 0 amide bonds. The molecule has 1 aliphatic rings. The molecule has 0 aliphatic carbocycles. The smallest absolute Gasteiger partial charge is 0.310 e. The van der Waals surface area contributed by atoms with Crippen molar-refractivity contribution in [3.05, 3.63) is 59.6 Å². The Hall–Kier alpha value is -2.09. The van der Waals surface area contributed by atoms with Gasteiger partial charge in [-0.25, -0.2) is 8.42 Å². The molecular formula is C20H22ClNO5S. The van der Waals surface area contributed by atoms with E-state index < -0.39 is 21.9 Å². The summed E-state index contributed by atoms with van der Waals surface area (Å²) in [6, 6.07) is 15.3. The van der Waals surface area contributed by atoms with E-state index in [1.54, 1.807) is 0 Å². The number of halogens is 1. The molecule has 0 spiro atoms. The molecule has 1 unspecified atom stereocenters. The number of nitrogens with zero attached hydrogens (tertiary/aromatic N) is 1. The van der Waals surface area contributed by atoms with Crippen LogP contribution in [-0.2, 0) is 19.6 Å². The van der Waals surface area contributed by atoms with Gasteiger partial charge in [-0.2, -0.15) is 4.31 Å². The standard InChI is InChI=1S/C20H22ClNO5S/c21-17-8-10-19(11-9-17)28(24,25)22-12-4-5-16(15-22)20(23)27-14-13-26-18-6-2-1-3-7-18/h1-3,6-11,16H,4-5,12-15H2. The van der Waals surface area contributed by atoms with Crippen molar-refractivity contribution in [3.63, 3.8) is 0 Å². The van der Waals surface area contributed by atoms with Crippen LogP contribution in [0.5, 0.6) is 5.75 Å². The van der Waals surface area contributed by atoms with Gasteiger partial charge in [-0.3, -0.25) is 4.79 Å². The number of piperidine rings is 1. The highest BCUT2D eigenvalue weighted by Crippen LogP contribution is 2.25. The molecule has 8 heteroatoms. The van der Waals surface area contributed by atoms with Crippen LogP contribution in [0.2, 0.25) is 5.02 Å². The van der Waals surface area contributed by atoms with Crippen molar-refractivity contribution in [1.29, 1.82) is 0 Å². The number of ether oxygens (including phenoxy) is 2. The number of para-hydroxylation sites is 1. The summed E-state index contributed by atoms with van der Waals surface area (Å²) in [5.41, 5.74) is 0. The molecule has 0 aromatic heterocycles. The van der Waals surface area contributed by atoms with Crippen molar-refractivity contribution in [2.75, 3.05) is 26.3 Å². The zero-order valence-corrected chi connectivity index (χ0v) is 16.9. The second kappa shape index (κ2) is 9.41. The van der Waals surface area contributed by atoms with Crippen LogP contribution in [0.3, 0.4) is 0 Å². The minimum Gasteiger partial charge on any atom is -0.490 e. The van der Waals surface area contributed by atoms with Crippen molar-refractivity contribution in [2.45, 2.75) is 17.7 Å². The Morgan fingerprint density at radius 3 is 2.50 bits per heavy atom. The van der Waals surface area contributed by atoms with Crippen LogP contribution >= 0.6 is 11.6 Å². The third-order valence-corrected chi connectivity index (χ3v) is 6.64. The number of carbonyl (C=O) groups excluding carboxylic acids is 1. The van der Waals surface area contributed by atoms with Gasteiger partial charge in [-0.1, -0.05) is 29.8 Å². The third kappa shape index (κ3) is 5.25. The van der Waals surface area contributed by atoms with E-state index in [1.165, 1.54) is 28.6 Å². The molecule has 150 valence electrons. The summed E-state index contributed by atoms with van der Waals surface area (Å²) < 4.78 is 37.7. The topological polar surface area (TPSA) is 72.9 Å². The first-order chi connectivity index (χ1) is 13.5. The number of sulfonamides is 1. The van der Waals surface area contributed by atoms with Gasteiger partial charge in [0.05, 0.1) is 10.8 Å². The number of esters is 1. The molecule has 1 fully saturated rings. The van der Waals surface area contributed by atoms with E-state index in [0.29, 0.717) is 30.2 Å². The highest BCUT2D eigenvalue weighted by Gasteiger charge is 2.34. The highest BCUT2D eigenvalue weighted by atomic mass is 35.5. The Balaban J connectivity index is 1.52. The minimum absolute atomic E-state index is 0.114. The molecule has 0 N–H and O–H groups in total. The molecule has 6 nitrogen and oxygen atoms in total. The van der Waals surface area contributed by atoms with E-state index in [2.05, 4.69) is 0 Å². The SMILES string of the molecule is O=C(OCCOc1ccccc1)C1CCCN(S(=O)(=O)c2ccc(Cl)cc2)C1. The van der Waals surface area contributed by atoms with Crippen molar-refractivity contribution >= 4 is 27.6 Å². The molecule has 3 rings (SSSR count). The molecule has 1 atom stereocenters. The number of rotatable bonds is 7. The molecule has 1 heterocycles. The number of hydrogen-bond donors (Lipinski definition) is 0. The average molecular weight is 424 g/mol. The fourth-order valence-corrected chi connectivity index (χ4v) is 4.69. The van der Waals surface area contributed by atoms with Gasteiger partial charge in [-0.05, 0) is 49.2 Å². The largest absolute Gasteiger partial charge is 0.490 e. The quantitative estimate of drug-likeness (QED) is 0.504. The van der Waals surface area contributed by atoms with Gasteiger partial charge in [0.1, 0.15) is 19.0 Å². The molecule has 1 saturated heterocycles. The van der Waals surface area contributed by atoms with Crippen molar-refractivity contribution < 1.29 is 22.7 Å². The van der Waals surface area contributed by atoms with Gasteiger partial charge < -0.3 is 9.47 Å². The van der Waals surface area contributed by atoms with Gasteiger partial charge in [0.25, 0.3) is 0 Å². The number of hydrogen-bond acceptors (Lipinski definition) is 5. The molecule has 0 radical (unpaired) electrons. The second-order valence-corrected chi connectivity index (χ2v) is 8.86. The molecule has 2 aromatic rings. The lowest BCUT2D eigenvalue weighted by Crippen LogP contribution is -2.42. The highest BCUT2D eigenvalue weighted by molar-refractivity contribution is 7.89. The molecule has 2 aromatic carbocycles. The fraction of sp³-hybridized carbons (Fsp3) is 0.350. The first-order valence-corrected chi connectivity index (χ1v) is 10.9. The molecule has 28 heavy (non-hydrogen) atoms. The lowest BCUT2D eigenvalue weighted by molar-refractivity contribution is -0.150. The van der Waals surface area contributed by atoms with Crippen LogP contribution in [0.15, 0.2) is 59.5 Å². The second-order valence-electron chi connectivity index (χ2n) is 6.49. The van der Waals surface area contributed by atoms with Crippen LogP contribution in [-0.4, -0.2) is 45.0 Å².